The average Bonchev–Trinajstić information content (AvgIpc) is 2.63. The molecule has 0 amide bonds. The molecule has 1 unspecified atom stereocenters. The normalized spacial score (nSPS) is 17.1. The second kappa shape index (κ2) is 6.91. The third-order valence-corrected chi connectivity index (χ3v) is 3.95. The predicted molar refractivity (Wildman–Crippen MR) is 88.7 cm³/mol. The zero-order chi connectivity index (χ0) is 16.9. The lowest BCUT2D eigenvalue weighted by Gasteiger charge is -2.33. The van der Waals surface area contributed by atoms with E-state index in [-0.39, 0.29) is 17.3 Å². The maximum atomic E-state index is 10.8. The molecule has 1 saturated heterocycles. The van der Waals surface area contributed by atoms with Gasteiger partial charge < -0.3 is 10.2 Å². The van der Waals surface area contributed by atoms with Crippen LogP contribution in [0, 0.1) is 21.4 Å². The fourth-order valence-electron chi connectivity index (χ4n) is 2.82. The summed E-state index contributed by atoms with van der Waals surface area (Å²) in [6.45, 7) is 1.60. The Bertz CT molecular complexity index is 774. The number of benzene rings is 1. The molecule has 8 heteroatoms. The van der Waals surface area contributed by atoms with E-state index in [2.05, 4.69) is 20.2 Å². The van der Waals surface area contributed by atoms with Gasteiger partial charge in [-0.2, -0.15) is 5.26 Å². The largest absolute Gasteiger partial charge is 0.379 e. The van der Waals surface area contributed by atoms with Gasteiger partial charge in [0, 0.05) is 43.7 Å². The van der Waals surface area contributed by atoms with Crippen LogP contribution in [0.5, 0.6) is 0 Å². The molecule has 1 aromatic heterocycles. The molecule has 2 aromatic rings. The number of nitrogens with zero attached hydrogens (tertiary/aromatic N) is 5. The summed E-state index contributed by atoms with van der Waals surface area (Å²) < 4.78 is 0. The van der Waals surface area contributed by atoms with Gasteiger partial charge in [0.15, 0.2) is 0 Å². The zero-order valence-electron chi connectivity index (χ0n) is 12.9. The first-order valence-electron chi connectivity index (χ1n) is 7.64. The highest BCUT2D eigenvalue weighted by molar-refractivity contribution is 5.62. The minimum Gasteiger partial charge on any atom is -0.379 e. The number of hydrogen-bond acceptors (Lipinski definition) is 7. The highest BCUT2D eigenvalue weighted by atomic mass is 16.6. The van der Waals surface area contributed by atoms with Crippen LogP contribution in [0.3, 0.4) is 0 Å². The fraction of sp³-hybridized carbons (Fsp3) is 0.312. The van der Waals surface area contributed by atoms with E-state index in [1.165, 1.54) is 12.1 Å². The van der Waals surface area contributed by atoms with Crippen LogP contribution >= 0.6 is 0 Å². The summed E-state index contributed by atoms with van der Waals surface area (Å²) in [5.41, 5.74) is 0.807. The average molecular weight is 324 g/mol. The van der Waals surface area contributed by atoms with Crippen molar-refractivity contribution in [1.29, 1.82) is 5.26 Å². The molecule has 2 heterocycles. The van der Waals surface area contributed by atoms with Crippen LogP contribution in [0.2, 0.25) is 0 Å². The third kappa shape index (κ3) is 3.41. The predicted octanol–water partition coefficient (Wildman–Crippen LogP) is 2.34. The standard InChI is InChI=1S/C16H16N6O2/c17-10-12-9-14(22(23)24)4-5-15(12)20-13-3-1-8-21(11-13)16-18-6-2-7-19-16/h2,4-7,9,13,20H,1,3,8,11H2. The van der Waals surface area contributed by atoms with Gasteiger partial charge in [-0.3, -0.25) is 10.1 Å². The molecule has 0 radical (unpaired) electrons. The highest BCUT2D eigenvalue weighted by Crippen LogP contribution is 2.24. The number of nitriles is 1. The smallest absolute Gasteiger partial charge is 0.270 e. The minimum atomic E-state index is -0.500. The van der Waals surface area contributed by atoms with E-state index in [0.29, 0.717) is 18.2 Å². The molecule has 1 atom stereocenters. The SMILES string of the molecule is N#Cc1cc([N+](=O)[O-])ccc1NC1CCCN(c2ncccn2)C1. The van der Waals surface area contributed by atoms with Crippen LogP contribution in [0.15, 0.2) is 36.7 Å². The Kier molecular flexibility index (Phi) is 4.52. The summed E-state index contributed by atoms with van der Waals surface area (Å²) in [4.78, 5) is 21.0. The maximum Gasteiger partial charge on any atom is 0.270 e. The van der Waals surface area contributed by atoms with Gasteiger partial charge in [-0.15, -0.1) is 0 Å². The Morgan fingerprint density at radius 2 is 2.17 bits per heavy atom. The lowest BCUT2D eigenvalue weighted by atomic mass is 10.0. The van der Waals surface area contributed by atoms with Gasteiger partial charge in [-0.05, 0) is 25.0 Å². The maximum absolute atomic E-state index is 10.8. The number of nitro benzene ring substituents is 1. The molecule has 8 nitrogen and oxygen atoms in total. The fourth-order valence-corrected chi connectivity index (χ4v) is 2.82. The summed E-state index contributed by atoms with van der Waals surface area (Å²) >= 11 is 0. The van der Waals surface area contributed by atoms with Crippen molar-refractivity contribution < 1.29 is 4.92 Å². The number of nitro groups is 1. The van der Waals surface area contributed by atoms with Crippen molar-refractivity contribution in [3.8, 4) is 6.07 Å². The van der Waals surface area contributed by atoms with E-state index in [9.17, 15) is 15.4 Å². The summed E-state index contributed by atoms with van der Waals surface area (Å²) in [6.07, 6.45) is 5.35. The lowest BCUT2D eigenvalue weighted by molar-refractivity contribution is -0.384. The summed E-state index contributed by atoms with van der Waals surface area (Å²) in [6, 6.07) is 8.21. The molecule has 0 spiro atoms. The first kappa shape index (κ1) is 15.7. The van der Waals surface area contributed by atoms with Crippen molar-refractivity contribution in [2.75, 3.05) is 23.3 Å². The van der Waals surface area contributed by atoms with E-state index in [0.717, 1.165) is 19.4 Å². The Morgan fingerprint density at radius 1 is 1.38 bits per heavy atom. The number of rotatable bonds is 4. The molecule has 24 heavy (non-hydrogen) atoms. The van der Waals surface area contributed by atoms with Crippen molar-refractivity contribution >= 4 is 17.3 Å². The van der Waals surface area contributed by atoms with Gasteiger partial charge in [0.05, 0.1) is 16.2 Å². The van der Waals surface area contributed by atoms with Gasteiger partial charge in [-0.25, -0.2) is 9.97 Å². The van der Waals surface area contributed by atoms with E-state index < -0.39 is 4.92 Å². The van der Waals surface area contributed by atoms with E-state index >= 15 is 0 Å². The van der Waals surface area contributed by atoms with Crippen LogP contribution in [-0.2, 0) is 0 Å². The third-order valence-electron chi connectivity index (χ3n) is 3.95. The van der Waals surface area contributed by atoms with Crippen molar-refractivity contribution in [2.45, 2.75) is 18.9 Å². The van der Waals surface area contributed by atoms with Gasteiger partial charge in [0.25, 0.3) is 5.69 Å². The Hall–Kier alpha value is -3.21. The molecule has 122 valence electrons. The molecular weight excluding hydrogens is 308 g/mol. The number of nitrogens with one attached hydrogen (secondary N) is 1. The number of aromatic nitrogens is 2. The van der Waals surface area contributed by atoms with Crippen molar-refractivity contribution in [3.63, 3.8) is 0 Å². The van der Waals surface area contributed by atoms with Gasteiger partial charge >= 0.3 is 0 Å². The number of hydrogen-bond donors (Lipinski definition) is 1. The van der Waals surface area contributed by atoms with Gasteiger partial charge in [-0.1, -0.05) is 0 Å². The van der Waals surface area contributed by atoms with Crippen LogP contribution in [0.25, 0.3) is 0 Å². The van der Waals surface area contributed by atoms with Crippen molar-refractivity contribution in [2.24, 2.45) is 0 Å². The molecule has 3 rings (SSSR count). The first-order chi connectivity index (χ1) is 11.7. The molecule has 1 aromatic carbocycles. The monoisotopic (exact) mass is 324 g/mol. The van der Waals surface area contributed by atoms with Crippen LogP contribution in [-0.4, -0.2) is 34.0 Å². The molecular formula is C16H16N6O2. The first-order valence-corrected chi connectivity index (χ1v) is 7.64. The van der Waals surface area contributed by atoms with E-state index in [1.54, 1.807) is 24.5 Å². The summed E-state index contributed by atoms with van der Waals surface area (Å²) in [7, 11) is 0. The highest BCUT2D eigenvalue weighted by Gasteiger charge is 2.22. The van der Waals surface area contributed by atoms with Gasteiger partial charge in [0.2, 0.25) is 5.95 Å². The van der Waals surface area contributed by atoms with Gasteiger partial charge in [0.1, 0.15) is 6.07 Å². The second-order valence-corrected chi connectivity index (χ2v) is 5.58. The molecule has 0 aliphatic carbocycles. The Morgan fingerprint density at radius 3 is 2.88 bits per heavy atom. The Labute approximate surface area is 138 Å². The number of anilines is 2. The summed E-state index contributed by atoms with van der Waals surface area (Å²) in [5.74, 6) is 0.688. The summed E-state index contributed by atoms with van der Waals surface area (Å²) in [5, 5.41) is 23.4. The second-order valence-electron chi connectivity index (χ2n) is 5.58. The zero-order valence-corrected chi connectivity index (χ0v) is 12.9. The molecule has 1 N–H and O–H groups in total. The topological polar surface area (TPSA) is 108 Å². The quantitative estimate of drug-likeness (QED) is 0.679. The van der Waals surface area contributed by atoms with Crippen molar-refractivity contribution in [3.05, 3.63) is 52.3 Å². The molecule has 0 saturated carbocycles. The van der Waals surface area contributed by atoms with Crippen molar-refractivity contribution in [1.82, 2.24) is 9.97 Å². The van der Waals surface area contributed by atoms with E-state index in [4.69, 9.17) is 0 Å². The molecule has 1 aliphatic rings. The molecule has 1 aliphatic heterocycles. The molecule has 0 bridgehead atoms. The Balaban J connectivity index is 1.74. The minimum absolute atomic E-state index is 0.0833. The van der Waals surface area contributed by atoms with Crippen LogP contribution in [0.1, 0.15) is 18.4 Å². The number of piperidine rings is 1. The van der Waals surface area contributed by atoms with E-state index in [1.807, 2.05) is 6.07 Å². The molecule has 1 fully saturated rings. The lowest BCUT2D eigenvalue weighted by Crippen LogP contribution is -2.43. The number of non-ortho nitro benzene ring substituents is 1. The van der Waals surface area contributed by atoms with Crippen LogP contribution in [0.4, 0.5) is 17.3 Å². The van der Waals surface area contributed by atoms with Crippen LogP contribution < -0.4 is 10.2 Å².